The Bertz CT molecular complexity index is 342. The molecule has 3 N–H and O–H groups in total. The molecule has 0 radical (unpaired) electrons. The number of rotatable bonds is 4. The predicted octanol–water partition coefficient (Wildman–Crippen LogP) is 2.04. The number of nitrogens with two attached hydrogens (primary N) is 1. The fourth-order valence-electron chi connectivity index (χ4n) is 1.47. The number of aliphatic hydroxyl groups is 1. The zero-order valence-electron chi connectivity index (χ0n) is 8.96. The topological polar surface area (TPSA) is 55.5 Å². The maximum Gasteiger partial charge on any atom is 0.122 e. The minimum atomic E-state index is -0.253. The summed E-state index contributed by atoms with van der Waals surface area (Å²) in [6.07, 6.45) is 0.492. The van der Waals surface area contributed by atoms with E-state index in [9.17, 15) is 0 Å². The van der Waals surface area contributed by atoms with Crippen molar-refractivity contribution in [3.8, 4) is 5.75 Å². The van der Waals surface area contributed by atoms with E-state index in [2.05, 4.69) is 0 Å². The van der Waals surface area contributed by atoms with E-state index in [0.717, 1.165) is 16.9 Å². The molecule has 84 valence electrons. The number of hydrogen-bond acceptors (Lipinski definition) is 3. The molecule has 0 aliphatic heterocycles. The van der Waals surface area contributed by atoms with E-state index in [1.807, 2.05) is 19.1 Å². The van der Waals surface area contributed by atoms with E-state index >= 15 is 0 Å². The van der Waals surface area contributed by atoms with E-state index < -0.39 is 0 Å². The first kappa shape index (κ1) is 12.3. The van der Waals surface area contributed by atoms with E-state index in [0.29, 0.717) is 11.4 Å². The second-order valence-corrected chi connectivity index (χ2v) is 3.87. The number of ether oxygens (including phenoxy) is 1. The molecular weight excluding hydrogens is 214 g/mol. The summed E-state index contributed by atoms with van der Waals surface area (Å²) in [5.74, 6) is 0.766. The Balaban J connectivity index is 3.06. The molecule has 4 heteroatoms. The van der Waals surface area contributed by atoms with E-state index in [4.69, 9.17) is 27.2 Å². The third-order valence-electron chi connectivity index (χ3n) is 2.35. The third-order valence-corrected chi connectivity index (χ3v) is 2.68. The Labute approximate surface area is 94.8 Å². The molecule has 0 aromatic heterocycles. The lowest BCUT2D eigenvalue weighted by Crippen LogP contribution is -2.12. The minimum Gasteiger partial charge on any atom is -0.496 e. The van der Waals surface area contributed by atoms with Gasteiger partial charge in [0.05, 0.1) is 7.11 Å². The van der Waals surface area contributed by atoms with Gasteiger partial charge in [0.15, 0.2) is 0 Å². The zero-order chi connectivity index (χ0) is 11.4. The van der Waals surface area contributed by atoms with Gasteiger partial charge in [-0.15, -0.1) is 0 Å². The molecule has 1 rings (SSSR count). The Kier molecular flexibility index (Phi) is 4.39. The van der Waals surface area contributed by atoms with Gasteiger partial charge in [-0.05, 0) is 36.6 Å². The highest BCUT2D eigenvalue weighted by atomic mass is 35.5. The van der Waals surface area contributed by atoms with Crippen LogP contribution in [0.3, 0.4) is 0 Å². The Morgan fingerprint density at radius 1 is 1.53 bits per heavy atom. The zero-order valence-corrected chi connectivity index (χ0v) is 9.71. The van der Waals surface area contributed by atoms with Crippen LogP contribution in [0.4, 0.5) is 0 Å². The van der Waals surface area contributed by atoms with Crippen molar-refractivity contribution in [3.63, 3.8) is 0 Å². The molecule has 0 saturated carbocycles. The molecule has 1 atom stereocenters. The predicted molar refractivity (Wildman–Crippen MR) is 61.4 cm³/mol. The first-order chi connectivity index (χ1) is 7.10. The van der Waals surface area contributed by atoms with Gasteiger partial charge in [-0.1, -0.05) is 11.6 Å². The molecule has 1 aromatic carbocycles. The number of aliphatic hydroxyl groups excluding tert-OH is 1. The first-order valence-corrected chi connectivity index (χ1v) is 5.18. The molecule has 3 nitrogen and oxygen atoms in total. The normalized spacial score (nSPS) is 12.6. The standard InChI is InChI=1S/C11H16ClNO2/c1-7-5-9(12)8(6-11(7)15-2)10(13)3-4-14/h5-6,10,14H,3-4,13H2,1-2H3. The number of benzene rings is 1. The smallest absolute Gasteiger partial charge is 0.122 e. The molecular formula is C11H16ClNO2. The lowest BCUT2D eigenvalue weighted by atomic mass is 10.0. The Morgan fingerprint density at radius 2 is 2.20 bits per heavy atom. The molecule has 0 aliphatic rings. The number of hydrogen-bond donors (Lipinski definition) is 2. The average molecular weight is 230 g/mol. The highest BCUT2D eigenvalue weighted by Gasteiger charge is 2.12. The van der Waals surface area contributed by atoms with Gasteiger partial charge < -0.3 is 15.6 Å². The summed E-state index contributed by atoms with van der Waals surface area (Å²) in [5, 5.41) is 9.44. The maximum atomic E-state index is 8.82. The summed E-state index contributed by atoms with van der Waals surface area (Å²) in [6.45, 7) is 1.97. The first-order valence-electron chi connectivity index (χ1n) is 4.80. The summed E-state index contributed by atoms with van der Waals surface area (Å²) in [7, 11) is 1.61. The van der Waals surface area contributed by atoms with Crippen molar-refractivity contribution in [1.82, 2.24) is 0 Å². The van der Waals surface area contributed by atoms with Crippen LogP contribution in [0.1, 0.15) is 23.6 Å². The molecule has 15 heavy (non-hydrogen) atoms. The highest BCUT2D eigenvalue weighted by molar-refractivity contribution is 6.31. The molecule has 1 unspecified atom stereocenters. The Morgan fingerprint density at radius 3 is 2.73 bits per heavy atom. The molecule has 0 bridgehead atoms. The van der Waals surface area contributed by atoms with Gasteiger partial charge in [0, 0.05) is 17.7 Å². The van der Waals surface area contributed by atoms with Crippen LogP contribution in [-0.4, -0.2) is 18.8 Å². The van der Waals surface area contributed by atoms with Crippen LogP contribution in [0.25, 0.3) is 0 Å². The van der Waals surface area contributed by atoms with Gasteiger partial charge in [-0.2, -0.15) is 0 Å². The summed E-state index contributed by atoms with van der Waals surface area (Å²) in [5.41, 5.74) is 7.67. The summed E-state index contributed by atoms with van der Waals surface area (Å²) in [6, 6.07) is 3.40. The number of halogens is 1. The van der Waals surface area contributed by atoms with Gasteiger partial charge in [0.1, 0.15) is 5.75 Å². The number of methoxy groups -OCH3 is 1. The van der Waals surface area contributed by atoms with E-state index in [1.54, 1.807) is 7.11 Å². The summed E-state index contributed by atoms with van der Waals surface area (Å²) in [4.78, 5) is 0. The van der Waals surface area contributed by atoms with Crippen molar-refractivity contribution in [2.24, 2.45) is 5.73 Å². The van der Waals surface area contributed by atoms with Gasteiger partial charge in [-0.25, -0.2) is 0 Å². The number of aryl methyl sites for hydroxylation is 1. The summed E-state index contributed by atoms with van der Waals surface area (Å²) >= 11 is 6.07. The van der Waals surface area contributed by atoms with Gasteiger partial charge in [0.25, 0.3) is 0 Å². The van der Waals surface area contributed by atoms with Crippen LogP contribution in [0.5, 0.6) is 5.75 Å². The van der Waals surface area contributed by atoms with E-state index in [-0.39, 0.29) is 12.6 Å². The van der Waals surface area contributed by atoms with Crippen LogP contribution >= 0.6 is 11.6 Å². The molecule has 0 fully saturated rings. The van der Waals surface area contributed by atoms with Crippen molar-refractivity contribution in [2.75, 3.05) is 13.7 Å². The van der Waals surface area contributed by atoms with Crippen LogP contribution in [0, 0.1) is 6.92 Å². The van der Waals surface area contributed by atoms with Crippen molar-refractivity contribution >= 4 is 11.6 Å². The van der Waals surface area contributed by atoms with Crippen LogP contribution in [-0.2, 0) is 0 Å². The molecule has 0 heterocycles. The second-order valence-electron chi connectivity index (χ2n) is 3.46. The van der Waals surface area contributed by atoms with Crippen molar-refractivity contribution in [3.05, 3.63) is 28.3 Å². The van der Waals surface area contributed by atoms with Gasteiger partial charge >= 0.3 is 0 Å². The minimum absolute atomic E-state index is 0.0493. The molecule has 0 spiro atoms. The van der Waals surface area contributed by atoms with E-state index in [1.165, 1.54) is 0 Å². The summed E-state index contributed by atoms with van der Waals surface area (Å²) < 4.78 is 5.19. The molecule has 0 aliphatic carbocycles. The van der Waals surface area contributed by atoms with Crippen molar-refractivity contribution < 1.29 is 9.84 Å². The fraction of sp³-hybridized carbons (Fsp3) is 0.455. The fourth-order valence-corrected chi connectivity index (χ4v) is 1.83. The maximum absolute atomic E-state index is 8.82. The SMILES string of the molecule is COc1cc(C(N)CCO)c(Cl)cc1C. The van der Waals surface area contributed by atoms with Crippen LogP contribution in [0.15, 0.2) is 12.1 Å². The van der Waals surface area contributed by atoms with Crippen molar-refractivity contribution in [1.29, 1.82) is 0 Å². The lowest BCUT2D eigenvalue weighted by Gasteiger charge is -2.15. The average Bonchev–Trinajstić information content (AvgIpc) is 2.18. The largest absolute Gasteiger partial charge is 0.496 e. The molecule has 0 amide bonds. The van der Waals surface area contributed by atoms with Crippen LogP contribution in [0.2, 0.25) is 5.02 Å². The Hall–Kier alpha value is -0.770. The van der Waals surface area contributed by atoms with Crippen LogP contribution < -0.4 is 10.5 Å². The molecule has 1 aromatic rings. The van der Waals surface area contributed by atoms with Gasteiger partial charge in [-0.3, -0.25) is 0 Å². The third kappa shape index (κ3) is 2.84. The molecule has 0 saturated heterocycles. The monoisotopic (exact) mass is 229 g/mol. The second kappa shape index (κ2) is 5.35. The lowest BCUT2D eigenvalue weighted by molar-refractivity contribution is 0.276. The van der Waals surface area contributed by atoms with Gasteiger partial charge in [0.2, 0.25) is 0 Å². The highest BCUT2D eigenvalue weighted by Crippen LogP contribution is 2.30. The van der Waals surface area contributed by atoms with Crippen molar-refractivity contribution in [2.45, 2.75) is 19.4 Å². The quantitative estimate of drug-likeness (QED) is 0.831.